The van der Waals surface area contributed by atoms with Gasteiger partial charge in [0.25, 0.3) is 0 Å². The molecule has 6 heteroatoms. The summed E-state index contributed by atoms with van der Waals surface area (Å²) >= 11 is 11.2. The van der Waals surface area contributed by atoms with E-state index in [0.717, 1.165) is 0 Å². The number of halogens is 3. The van der Waals surface area contributed by atoms with E-state index in [1.165, 1.54) is 6.07 Å². The van der Waals surface area contributed by atoms with Crippen LogP contribution in [0.1, 0.15) is 0 Å². The molecule has 12 heavy (non-hydrogen) atoms. The fourth-order valence-electron chi connectivity index (χ4n) is 0.907. The summed E-state index contributed by atoms with van der Waals surface area (Å²) in [6, 6.07) is 1.29. The standard InChI is InChI=1S/C6H2Cl2FN3/c7-2-1-3(8)5-6(4(2)9)11-12-10-5/h1H,(H,10,11,12). The lowest BCUT2D eigenvalue weighted by Crippen LogP contribution is -1.81. The maximum atomic E-state index is 13.1. The van der Waals surface area contributed by atoms with Crippen molar-refractivity contribution in [3.8, 4) is 0 Å². The Balaban J connectivity index is 2.97. The molecule has 0 saturated heterocycles. The number of rotatable bonds is 0. The summed E-state index contributed by atoms with van der Waals surface area (Å²) in [6.07, 6.45) is 0. The van der Waals surface area contributed by atoms with Crippen LogP contribution in [-0.4, -0.2) is 15.4 Å². The van der Waals surface area contributed by atoms with Gasteiger partial charge in [-0.25, -0.2) is 4.39 Å². The molecule has 1 aromatic heterocycles. The molecule has 1 N–H and O–H groups in total. The highest BCUT2D eigenvalue weighted by Crippen LogP contribution is 2.27. The maximum Gasteiger partial charge on any atom is 0.171 e. The number of hydrogen-bond donors (Lipinski definition) is 1. The van der Waals surface area contributed by atoms with E-state index in [9.17, 15) is 4.39 Å². The summed E-state index contributed by atoms with van der Waals surface area (Å²) in [5, 5.41) is 9.71. The third-order valence-electron chi connectivity index (χ3n) is 1.45. The minimum absolute atomic E-state index is 0.0543. The third kappa shape index (κ3) is 0.956. The van der Waals surface area contributed by atoms with Gasteiger partial charge in [-0.1, -0.05) is 23.2 Å². The van der Waals surface area contributed by atoms with Crippen LogP contribution in [0.25, 0.3) is 11.0 Å². The van der Waals surface area contributed by atoms with E-state index in [4.69, 9.17) is 23.2 Å². The van der Waals surface area contributed by atoms with Crippen LogP contribution in [-0.2, 0) is 0 Å². The summed E-state index contributed by atoms with van der Waals surface area (Å²) in [6.45, 7) is 0. The van der Waals surface area contributed by atoms with E-state index in [2.05, 4.69) is 15.4 Å². The Morgan fingerprint density at radius 2 is 1.83 bits per heavy atom. The topological polar surface area (TPSA) is 41.6 Å². The first-order chi connectivity index (χ1) is 5.70. The molecule has 0 aliphatic rings. The molecule has 0 saturated carbocycles. The Bertz CT molecular complexity index is 440. The van der Waals surface area contributed by atoms with E-state index >= 15 is 0 Å². The van der Waals surface area contributed by atoms with Gasteiger partial charge in [-0.15, -0.1) is 0 Å². The minimum atomic E-state index is -0.607. The van der Waals surface area contributed by atoms with E-state index in [0.29, 0.717) is 5.52 Å². The molecule has 1 aromatic carbocycles. The Hall–Kier alpha value is -0.870. The molecular formula is C6H2Cl2FN3. The highest BCUT2D eigenvalue weighted by Gasteiger charge is 2.12. The quantitative estimate of drug-likeness (QED) is 0.672. The van der Waals surface area contributed by atoms with Gasteiger partial charge in [0.15, 0.2) is 11.3 Å². The molecule has 0 unspecified atom stereocenters. The zero-order valence-corrected chi connectivity index (χ0v) is 7.12. The molecule has 0 atom stereocenters. The van der Waals surface area contributed by atoms with Crippen molar-refractivity contribution in [3.05, 3.63) is 21.9 Å². The summed E-state index contributed by atoms with van der Waals surface area (Å²) in [7, 11) is 0. The summed E-state index contributed by atoms with van der Waals surface area (Å²) in [5.74, 6) is -0.607. The smallest absolute Gasteiger partial charge is 0.171 e. The van der Waals surface area contributed by atoms with Crippen LogP contribution >= 0.6 is 23.2 Å². The van der Waals surface area contributed by atoms with Gasteiger partial charge in [0.2, 0.25) is 0 Å². The molecule has 2 rings (SSSR count). The second-order valence-electron chi connectivity index (χ2n) is 2.18. The lowest BCUT2D eigenvalue weighted by molar-refractivity contribution is 0.636. The first-order valence-electron chi connectivity index (χ1n) is 3.04. The van der Waals surface area contributed by atoms with Crippen LogP contribution in [0.4, 0.5) is 4.39 Å². The largest absolute Gasteiger partial charge is 0.203 e. The van der Waals surface area contributed by atoms with Gasteiger partial charge in [0.05, 0.1) is 10.0 Å². The fraction of sp³-hybridized carbons (Fsp3) is 0. The molecular weight excluding hydrogens is 204 g/mol. The highest BCUT2D eigenvalue weighted by atomic mass is 35.5. The number of nitrogens with zero attached hydrogens (tertiary/aromatic N) is 2. The summed E-state index contributed by atoms with van der Waals surface area (Å²) in [5.41, 5.74) is 0.353. The fourth-order valence-corrected chi connectivity index (χ4v) is 1.40. The van der Waals surface area contributed by atoms with Crippen molar-refractivity contribution in [2.24, 2.45) is 0 Å². The highest BCUT2D eigenvalue weighted by molar-refractivity contribution is 6.38. The van der Waals surface area contributed by atoms with E-state index in [-0.39, 0.29) is 15.6 Å². The van der Waals surface area contributed by atoms with Crippen molar-refractivity contribution in [1.29, 1.82) is 0 Å². The predicted octanol–water partition coefficient (Wildman–Crippen LogP) is 2.40. The minimum Gasteiger partial charge on any atom is -0.203 e. The Kier molecular flexibility index (Phi) is 1.66. The van der Waals surface area contributed by atoms with E-state index in [1.807, 2.05) is 0 Å². The van der Waals surface area contributed by atoms with Gasteiger partial charge in [-0.2, -0.15) is 15.4 Å². The molecule has 0 bridgehead atoms. The molecule has 0 aliphatic carbocycles. The normalized spacial score (nSPS) is 10.9. The van der Waals surface area contributed by atoms with Crippen molar-refractivity contribution >= 4 is 34.2 Å². The summed E-state index contributed by atoms with van der Waals surface area (Å²) in [4.78, 5) is 0. The number of aromatic amines is 1. The lowest BCUT2D eigenvalue weighted by Gasteiger charge is -1.94. The number of H-pyrrole nitrogens is 1. The van der Waals surface area contributed by atoms with Crippen LogP contribution < -0.4 is 0 Å². The van der Waals surface area contributed by atoms with Gasteiger partial charge in [0, 0.05) is 0 Å². The SMILES string of the molecule is Fc1c(Cl)cc(Cl)c2n[nH]nc12. The average Bonchev–Trinajstić information content (AvgIpc) is 2.48. The number of benzene rings is 1. The number of fused-ring (bicyclic) bond motifs is 1. The maximum absolute atomic E-state index is 13.1. The molecule has 0 amide bonds. The molecule has 3 nitrogen and oxygen atoms in total. The number of nitrogens with one attached hydrogen (secondary N) is 1. The van der Waals surface area contributed by atoms with Gasteiger partial charge in [-0.05, 0) is 6.07 Å². The monoisotopic (exact) mass is 205 g/mol. The van der Waals surface area contributed by atoms with Gasteiger partial charge >= 0.3 is 0 Å². The van der Waals surface area contributed by atoms with Crippen molar-refractivity contribution in [2.75, 3.05) is 0 Å². The molecule has 2 aromatic rings. The molecule has 0 spiro atoms. The molecule has 0 aliphatic heterocycles. The molecule has 0 fully saturated rings. The van der Waals surface area contributed by atoms with E-state index in [1.54, 1.807) is 0 Å². The molecule has 1 heterocycles. The average molecular weight is 206 g/mol. The number of aromatic nitrogens is 3. The molecule has 62 valence electrons. The zero-order chi connectivity index (χ0) is 8.72. The Morgan fingerprint density at radius 3 is 2.58 bits per heavy atom. The van der Waals surface area contributed by atoms with Crippen LogP contribution in [0.3, 0.4) is 0 Å². The van der Waals surface area contributed by atoms with Crippen molar-refractivity contribution < 1.29 is 4.39 Å². The Morgan fingerprint density at radius 1 is 1.17 bits per heavy atom. The predicted molar refractivity (Wildman–Crippen MR) is 43.9 cm³/mol. The second-order valence-corrected chi connectivity index (χ2v) is 2.99. The molecule has 0 radical (unpaired) electrons. The van der Waals surface area contributed by atoms with Gasteiger partial charge in [-0.3, -0.25) is 0 Å². The van der Waals surface area contributed by atoms with Crippen LogP contribution in [0.15, 0.2) is 6.07 Å². The first kappa shape index (κ1) is 7.76. The zero-order valence-electron chi connectivity index (χ0n) is 5.61. The first-order valence-corrected chi connectivity index (χ1v) is 3.79. The Labute approximate surface area is 76.5 Å². The van der Waals surface area contributed by atoms with Crippen molar-refractivity contribution in [3.63, 3.8) is 0 Å². The summed E-state index contributed by atoms with van der Waals surface area (Å²) < 4.78 is 13.1. The van der Waals surface area contributed by atoms with Crippen LogP contribution in [0.5, 0.6) is 0 Å². The van der Waals surface area contributed by atoms with Crippen LogP contribution in [0.2, 0.25) is 10.0 Å². The van der Waals surface area contributed by atoms with Crippen LogP contribution in [0, 0.1) is 5.82 Å². The lowest BCUT2D eigenvalue weighted by atomic mass is 10.3. The van der Waals surface area contributed by atoms with E-state index < -0.39 is 5.82 Å². The number of hydrogen-bond acceptors (Lipinski definition) is 2. The second kappa shape index (κ2) is 2.57. The van der Waals surface area contributed by atoms with Gasteiger partial charge in [0.1, 0.15) is 5.52 Å². The van der Waals surface area contributed by atoms with Gasteiger partial charge < -0.3 is 0 Å². The van der Waals surface area contributed by atoms with Crippen molar-refractivity contribution in [2.45, 2.75) is 0 Å². The third-order valence-corrected chi connectivity index (χ3v) is 2.01. The van der Waals surface area contributed by atoms with Crippen molar-refractivity contribution in [1.82, 2.24) is 15.4 Å².